The third-order valence-electron chi connectivity index (χ3n) is 2.26. The van der Waals surface area contributed by atoms with Crippen molar-refractivity contribution < 1.29 is 4.79 Å². The summed E-state index contributed by atoms with van der Waals surface area (Å²) in [5, 5.41) is 2.82. The molecular formula is C12H18N2OS. The van der Waals surface area contributed by atoms with Gasteiger partial charge in [0.2, 0.25) is 5.91 Å². The second kappa shape index (κ2) is 6.55. The molecule has 0 fully saturated rings. The van der Waals surface area contributed by atoms with Crippen molar-refractivity contribution in [2.75, 3.05) is 17.3 Å². The normalized spacial score (nSPS) is 12.2. The minimum atomic E-state index is -0.423. The van der Waals surface area contributed by atoms with E-state index in [0.29, 0.717) is 6.42 Å². The second-order valence-corrected chi connectivity index (χ2v) is 4.73. The van der Waals surface area contributed by atoms with E-state index in [-0.39, 0.29) is 5.91 Å². The number of rotatable bonds is 5. The van der Waals surface area contributed by atoms with E-state index >= 15 is 0 Å². The average Bonchev–Trinajstić information content (AvgIpc) is 2.25. The molecule has 0 unspecified atom stereocenters. The summed E-state index contributed by atoms with van der Waals surface area (Å²) in [4.78, 5) is 11.7. The first-order valence-electron chi connectivity index (χ1n) is 5.25. The average molecular weight is 238 g/mol. The predicted molar refractivity (Wildman–Crippen MR) is 70.8 cm³/mol. The van der Waals surface area contributed by atoms with Crippen LogP contribution >= 0.6 is 11.8 Å². The zero-order valence-corrected chi connectivity index (χ0v) is 10.5. The van der Waals surface area contributed by atoms with E-state index in [1.54, 1.807) is 11.8 Å². The summed E-state index contributed by atoms with van der Waals surface area (Å²) in [6.45, 7) is 1.99. The lowest BCUT2D eigenvalue weighted by Gasteiger charge is -2.11. The number of nitrogens with one attached hydrogen (secondary N) is 1. The number of carbonyl (C=O) groups is 1. The Morgan fingerprint density at radius 1 is 1.56 bits per heavy atom. The number of benzene rings is 1. The highest BCUT2D eigenvalue weighted by atomic mass is 32.2. The molecule has 88 valence electrons. The number of aryl methyl sites for hydroxylation is 1. The largest absolute Gasteiger partial charge is 0.325 e. The molecule has 0 aliphatic rings. The van der Waals surface area contributed by atoms with Gasteiger partial charge in [0.15, 0.2) is 0 Å². The Labute approximate surface area is 101 Å². The third kappa shape index (κ3) is 4.24. The molecule has 0 spiro atoms. The van der Waals surface area contributed by atoms with E-state index in [1.807, 2.05) is 37.4 Å². The van der Waals surface area contributed by atoms with Crippen LogP contribution in [0.15, 0.2) is 24.3 Å². The summed E-state index contributed by atoms with van der Waals surface area (Å²) >= 11 is 1.70. The number of thioether (sulfide) groups is 1. The first-order valence-corrected chi connectivity index (χ1v) is 6.65. The third-order valence-corrected chi connectivity index (χ3v) is 2.90. The van der Waals surface area contributed by atoms with E-state index < -0.39 is 6.04 Å². The molecule has 0 saturated heterocycles. The summed E-state index contributed by atoms with van der Waals surface area (Å²) in [7, 11) is 0. The maximum atomic E-state index is 11.7. The van der Waals surface area contributed by atoms with Gasteiger partial charge in [0.1, 0.15) is 0 Å². The van der Waals surface area contributed by atoms with Crippen LogP contribution < -0.4 is 11.1 Å². The van der Waals surface area contributed by atoms with E-state index in [2.05, 4.69) is 5.32 Å². The number of anilines is 1. The van der Waals surface area contributed by atoms with E-state index in [4.69, 9.17) is 5.73 Å². The molecular weight excluding hydrogens is 220 g/mol. The van der Waals surface area contributed by atoms with Gasteiger partial charge in [-0.1, -0.05) is 12.1 Å². The first-order chi connectivity index (χ1) is 7.63. The number of amides is 1. The van der Waals surface area contributed by atoms with Gasteiger partial charge in [0.05, 0.1) is 6.04 Å². The molecule has 0 bridgehead atoms. The van der Waals surface area contributed by atoms with Crippen LogP contribution in [0.5, 0.6) is 0 Å². The summed E-state index contributed by atoms with van der Waals surface area (Å²) < 4.78 is 0. The van der Waals surface area contributed by atoms with Gasteiger partial charge < -0.3 is 11.1 Å². The fraction of sp³-hybridized carbons (Fsp3) is 0.417. The quantitative estimate of drug-likeness (QED) is 0.825. The van der Waals surface area contributed by atoms with E-state index in [0.717, 1.165) is 17.0 Å². The summed E-state index contributed by atoms with van der Waals surface area (Å²) in [6, 6.07) is 7.28. The van der Waals surface area contributed by atoms with Gasteiger partial charge in [-0.25, -0.2) is 0 Å². The fourth-order valence-corrected chi connectivity index (χ4v) is 1.82. The highest BCUT2D eigenvalue weighted by Gasteiger charge is 2.12. The molecule has 3 N–H and O–H groups in total. The summed E-state index contributed by atoms with van der Waals surface area (Å²) in [5.41, 5.74) is 7.69. The van der Waals surface area contributed by atoms with E-state index in [1.165, 1.54) is 0 Å². The molecule has 0 saturated carbocycles. The van der Waals surface area contributed by atoms with Crippen LogP contribution in [0.1, 0.15) is 12.0 Å². The van der Waals surface area contributed by atoms with Crippen molar-refractivity contribution in [3.05, 3.63) is 29.8 Å². The van der Waals surface area contributed by atoms with Crippen molar-refractivity contribution in [2.45, 2.75) is 19.4 Å². The molecule has 0 aliphatic carbocycles. The SMILES string of the molecule is CSCC[C@@H](N)C(=O)Nc1cccc(C)c1. The minimum absolute atomic E-state index is 0.111. The number of nitrogens with two attached hydrogens (primary N) is 1. The van der Waals surface area contributed by atoms with E-state index in [9.17, 15) is 4.79 Å². The summed E-state index contributed by atoms with van der Waals surface area (Å²) in [6.07, 6.45) is 2.71. The van der Waals surface area contributed by atoms with Gasteiger partial charge >= 0.3 is 0 Å². The summed E-state index contributed by atoms with van der Waals surface area (Å²) in [5.74, 6) is 0.794. The van der Waals surface area contributed by atoms with Crippen molar-refractivity contribution >= 4 is 23.4 Å². The molecule has 1 atom stereocenters. The molecule has 1 aromatic carbocycles. The van der Waals surface area contributed by atoms with Crippen LogP contribution in [0.4, 0.5) is 5.69 Å². The number of hydrogen-bond donors (Lipinski definition) is 2. The number of carbonyl (C=O) groups excluding carboxylic acids is 1. The van der Waals surface area contributed by atoms with Crippen molar-refractivity contribution in [1.29, 1.82) is 0 Å². The lowest BCUT2D eigenvalue weighted by molar-refractivity contribution is -0.117. The molecule has 3 nitrogen and oxygen atoms in total. The molecule has 16 heavy (non-hydrogen) atoms. The highest BCUT2D eigenvalue weighted by Crippen LogP contribution is 2.10. The second-order valence-electron chi connectivity index (χ2n) is 3.75. The fourth-order valence-electron chi connectivity index (χ4n) is 1.33. The lowest BCUT2D eigenvalue weighted by atomic mass is 10.2. The van der Waals surface area contributed by atoms with Crippen LogP contribution in [0.2, 0.25) is 0 Å². The van der Waals surface area contributed by atoms with Crippen molar-refractivity contribution in [1.82, 2.24) is 0 Å². The number of hydrogen-bond acceptors (Lipinski definition) is 3. The Hall–Kier alpha value is -1.00. The van der Waals surface area contributed by atoms with Gasteiger partial charge in [-0.2, -0.15) is 11.8 Å². The van der Waals surface area contributed by atoms with Crippen LogP contribution in [0.3, 0.4) is 0 Å². The molecule has 1 rings (SSSR count). The smallest absolute Gasteiger partial charge is 0.241 e. The van der Waals surface area contributed by atoms with Crippen molar-refractivity contribution in [3.63, 3.8) is 0 Å². The topological polar surface area (TPSA) is 55.1 Å². The van der Waals surface area contributed by atoms with Crippen molar-refractivity contribution in [3.8, 4) is 0 Å². The monoisotopic (exact) mass is 238 g/mol. The zero-order valence-electron chi connectivity index (χ0n) is 9.69. The molecule has 0 aliphatic heterocycles. The van der Waals surface area contributed by atoms with Crippen LogP contribution in [0, 0.1) is 6.92 Å². The van der Waals surface area contributed by atoms with Crippen LogP contribution in [-0.2, 0) is 4.79 Å². The highest BCUT2D eigenvalue weighted by molar-refractivity contribution is 7.98. The maximum absolute atomic E-state index is 11.7. The minimum Gasteiger partial charge on any atom is -0.325 e. The Kier molecular flexibility index (Phi) is 5.35. The van der Waals surface area contributed by atoms with Gasteiger partial charge in [-0.15, -0.1) is 0 Å². The molecule has 1 aromatic rings. The molecule has 0 aromatic heterocycles. The van der Waals surface area contributed by atoms with Gasteiger partial charge in [0.25, 0.3) is 0 Å². The Bertz CT molecular complexity index is 355. The molecule has 4 heteroatoms. The maximum Gasteiger partial charge on any atom is 0.241 e. The molecule has 0 radical (unpaired) electrons. The zero-order chi connectivity index (χ0) is 12.0. The Balaban J connectivity index is 2.50. The van der Waals surface area contributed by atoms with Crippen molar-refractivity contribution in [2.24, 2.45) is 5.73 Å². The Morgan fingerprint density at radius 2 is 2.31 bits per heavy atom. The molecule has 0 heterocycles. The predicted octanol–water partition coefficient (Wildman–Crippen LogP) is 2.01. The standard InChI is InChI=1S/C12H18N2OS/c1-9-4-3-5-10(8-9)14-12(15)11(13)6-7-16-2/h3-5,8,11H,6-7,13H2,1-2H3,(H,14,15)/t11-/m1/s1. The van der Waals surface area contributed by atoms with Gasteiger partial charge in [0, 0.05) is 5.69 Å². The molecule has 1 amide bonds. The lowest BCUT2D eigenvalue weighted by Crippen LogP contribution is -2.36. The first kappa shape index (κ1) is 13.1. The Morgan fingerprint density at radius 3 is 2.94 bits per heavy atom. The van der Waals surface area contributed by atoms with Crippen LogP contribution in [0.25, 0.3) is 0 Å². The van der Waals surface area contributed by atoms with Crippen LogP contribution in [-0.4, -0.2) is 24.0 Å². The van der Waals surface area contributed by atoms with Gasteiger partial charge in [-0.3, -0.25) is 4.79 Å². The van der Waals surface area contributed by atoms with Gasteiger partial charge in [-0.05, 0) is 43.0 Å².